The van der Waals surface area contributed by atoms with Crippen LogP contribution in [-0.2, 0) is 13.0 Å². The molecule has 0 bridgehead atoms. The largest absolute Gasteiger partial charge is 0.328 e. The Bertz CT molecular complexity index is 801. The Morgan fingerprint density at radius 1 is 1.16 bits per heavy atom. The van der Waals surface area contributed by atoms with E-state index < -0.39 is 0 Å². The molecule has 1 amide bonds. The van der Waals surface area contributed by atoms with Gasteiger partial charge in [-0.15, -0.1) is 10.2 Å². The van der Waals surface area contributed by atoms with Crippen molar-refractivity contribution >= 4 is 5.91 Å². The summed E-state index contributed by atoms with van der Waals surface area (Å²) in [5, 5.41) is 8.79. The maximum Gasteiger partial charge on any atom is 0.254 e. The van der Waals surface area contributed by atoms with Crippen molar-refractivity contribution in [1.82, 2.24) is 19.7 Å². The van der Waals surface area contributed by atoms with Crippen molar-refractivity contribution in [3.8, 4) is 0 Å². The molecule has 0 spiro atoms. The number of hydrogen-bond donors (Lipinski definition) is 0. The van der Waals surface area contributed by atoms with Crippen LogP contribution < -0.4 is 0 Å². The molecule has 1 atom stereocenters. The molecule has 1 saturated heterocycles. The first-order valence-electron chi connectivity index (χ1n) is 9.14. The second kappa shape index (κ2) is 6.58. The van der Waals surface area contributed by atoms with E-state index in [0.29, 0.717) is 17.7 Å². The van der Waals surface area contributed by atoms with Crippen molar-refractivity contribution in [3.05, 3.63) is 46.8 Å². The molecular weight excluding hydrogens is 319 g/mol. The maximum atomic E-state index is 13.9. The molecule has 3 heterocycles. The van der Waals surface area contributed by atoms with Gasteiger partial charge in [0.1, 0.15) is 11.6 Å². The van der Waals surface area contributed by atoms with E-state index in [2.05, 4.69) is 14.8 Å². The average Bonchev–Trinajstić information content (AvgIpc) is 3.17. The Balaban J connectivity index is 1.63. The molecule has 2 aliphatic rings. The third-order valence-corrected chi connectivity index (χ3v) is 5.37. The van der Waals surface area contributed by atoms with Crippen LogP contribution in [0.4, 0.5) is 4.39 Å². The molecule has 0 N–H and O–H groups in total. The summed E-state index contributed by atoms with van der Waals surface area (Å²) < 4.78 is 16.1. The van der Waals surface area contributed by atoms with Crippen molar-refractivity contribution in [3.63, 3.8) is 0 Å². The van der Waals surface area contributed by atoms with Crippen LogP contribution in [0, 0.1) is 12.7 Å². The fraction of sp³-hybridized carbons (Fsp3) is 0.526. The summed E-state index contributed by atoms with van der Waals surface area (Å²) in [7, 11) is 0. The van der Waals surface area contributed by atoms with Crippen LogP contribution >= 0.6 is 0 Å². The van der Waals surface area contributed by atoms with Crippen molar-refractivity contribution in [1.29, 1.82) is 0 Å². The van der Waals surface area contributed by atoms with Gasteiger partial charge in [0, 0.05) is 25.1 Å². The minimum absolute atomic E-state index is 0.0591. The number of aromatic nitrogens is 3. The highest BCUT2D eigenvalue weighted by atomic mass is 19.1. The van der Waals surface area contributed by atoms with Crippen LogP contribution in [0.5, 0.6) is 0 Å². The molecule has 1 fully saturated rings. The summed E-state index contributed by atoms with van der Waals surface area (Å²) in [6.45, 7) is 3.31. The predicted octanol–water partition coefficient (Wildman–Crippen LogP) is 3.43. The number of nitrogens with zero attached hydrogens (tertiary/aromatic N) is 4. The zero-order valence-corrected chi connectivity index (χ0v) is 14.5. The van der Waals surface area contributed by atoms with Gasteiger partial charge in [-0.2, -0.15) is 0 Å². The van der Waals surface area contributed by atoms with E-state index in [4.69, 9.17) is 0 Å². The molecule has 132 valence electrons. The minimum atomic E-state index is -0.335. The van der Waals surface area contributed by atoms with Crippen LogP contribution in [-0.4, -0.2) is 32.1 Å². The summed E-state index contributed by atoms with van der Waals surface area (Å²) in [6, 6.07) is 4.66. The van der Waals surface area contributed by atoms with Gasteiger partial charge in [0.25, 0.3) is 5.91 Å². The summed E-state index contributed by atoms with van der Waals surface area (Å²) >= 11 is 0. The molecule has 1 aromatic heterocycles. The van der Waals surface area contributed by atoms with E-state index in [9.17, 15) is 9.18 Å². The lowest BCUT2D eigenvalue weighted by atomic mass is 10.1. The maximum absolute atomic E-state index is 13.9. The van der Waals surface area contributed by atoms with Crippen molar-refractivity contribution in [2.75, 3.05) is 6.54 Å². The van der Waals surface area contributed by atoms with Gasteiger partial charge < -0.3 is 9.47 Å². The van der Waals surface area contributed by atoms with Gasteiger partial charge in [0.05, 0.1) is 6.04 Å². The molecule has 25 heavy (non-hydrogen) atoms. The van der Waals surface area contributed by atoms with Gasteiger partial charge in [-0.05, 0) is 50.3 Å². The lowest BCUT2D eigenvalue weighted by Crippen LogP contribution is -2.32. The summed E-state index contributed by atoms with van der Waals surface area (Å²) in [5.74, 6) is 1.48. The lowest BCUT2D eigenvalue weighted by Gasteiger charge is -2.25. The number of fused-ring (bicyclic) bond motifs is 1. The first-order chi connectivity index (χ1) is 12.1. The highest BCUT2D eigenvalue weighted by molar-refractivity contribution is 5.94. The topological polar surface area (TPSA) is 51.0 Å². The number of rotatable bonds is 2. The molecule has 5 nitrogen and oxygen atoms in total. The number of benzene rings is 1. The van der Waals surface area contributed by atoms with E-state index in [1.807, 2.05) is 4.90 Å². The molecule has 0 aliphatic carbocycles. The third-order valence-electron chi connectivity index (χ3n) is 5.37. The van der Waals surface area contributed by atoms with Gasteiger partial charge in [0.15, 0.2) is 5.82 Å². The van der Waals surface area contributed by atoms with Gasteiger partial charge in [-0.3, -0.25) is 4.79 Å². The molecule has 0 radical (unpaired) electrons. The van der Waals surface area contributed by atoms with E-state index in [0.717, 1.165) is 50.3 Å². The van der Waals surface area contributed by atoms with Gasteiger partial charge >= 0.3 is 0 Å². The van der Waals surface area contributed by atoms with Gasteiger partial charge in [0.2, 0.25) is 0 Å². The molecular formula is C19H23FN4O. The zero-order chi connectivity index (χ0) is 17.4. The second-order valence-corrected chi connectivity index (χ2v) is 7.06. The van der Waals surface area contributed by atoms with Crippen molar-refractivity contribution in [2.45, 2.75) is 58.0 Å². The van der Waals surface area contributed by atoms with Crippen LogP contribution in [0.15, 0.2) is 18.2 Å². The number of likely N-dealkylation sites (tertiary alicyclic amines) is 1. The Kier molecular flexibility index (Phi) is 4.27. The average molecular weight is 342 g/mol. The third kappa shape index (κ3) is 2.94. The first kappa shape index (κ1) is 16.2. The van der Waals surface area contributed by atoms with Gasteiger partial charge in [-0.25, -0.2) is 4.39 Å². The van der Waals surface area contributed by atoms with Crippen LogP contribution in [0.25, 0.3) is 0 Å². The summed E-state index contributed by atoms with van der Waals surface area (Å²) in [5.41, 5.74) is 0.961. The standard InChI is InChI=1S/C19H23FN4O/c1-13-8-9-14(12-15(13)20)19(25)23-11-5-6-16(23)18-22-21-17-7-3-2-4-10-24(17)18/h8-9,12,16H,2-7,10-11H2,1H3. The smallest absolute Gasteiger partial charge is 0.254 e. The quantitative estimate of drug-likeness (QED) is 0.840. The van der Waals surface area contributed by atoms with Crippen LogP contribution in [0.1, 0.15) is 65.7 Å². The molecule has 1 unspecified atom stereocenters. The van der Waals surface area contributed by atoms with Gasteiger partial charge in [-0.1, -0.05) is 12.5 Å². The Hall–Kier alpha value is -2.24. The number of hydrogen-bond acceptors (Lipinski definition) is 3. The fourth-order valence-electron chi connectivity index (χ4n) is 3.92. The Labute approximate surface area is 146 Å². The Morgan fingerprint density at radius 3 is 2.88 bits per heavy atom. The molecule has 2 aliphatic heterocycles. The predicted molar refractivity (Wildman–Crippen MR) is 91.7 cm³/mol. The van der Waals surface area contributed by atoms with Crippen molar-refractivity contribution < 1.29 is 9.18 Å². The lowest BCUT2D eigenvalue weighted by molar-refractivity contribution is 0.0726. The number of aryl methyl sites for hydroxylation is 2. The van der Waals surface area contributed by atoms with E-state index in [-0.39, 0.29) is 17.8 Å². The van der Waals surface area contributed by atoms with Crippen molar-refractivity contribution in [2.24, 2.45) is 0 Å². The van der Waals surface area contributed by atoms with Crippen LogP contribution in [0.3, 0.4) is 0 Å². The number of halogens is 1. The molecule has 4 rings (SSSR count). The Morgan fingerprint density at radius 2 is 2.04 bits per heavy atom. The summed E-state index contributed by atoms with van der Waals surface area (Å²) in [6.07, 6.45) is 6.26. The first-order valence-corrected chi connectivity index (χ1v) is 9.14. The van der Waals surface area contributed by atoms with E-state index in [1.165, 1.54) is 12.5 Å². The SMILES string of the molecule is Cc1ccc(C(=O)N2CCCC2c2nnc3n2CCCCC3)cc1F. The van der Waals surface area contributed by atoms with E-state index >= 15 is 0 Å². The highest BCUT2D eigenvalue weighted by Gasteiger charge is 2.35. The second-order valence-electron chi connectivity index (χ2n) is 7.06. The molecule has 1 aromatic carbocycles. The normalized spacial score (nSPS) is 20.4. The van der Waals surface area contributed by atoms with Crippen LogP contribution in [0.2, 0.25) is 0 Å². The van der Waals surface area contributed by atoms with E-state index in [1.54, 1.807) is 19.1 Å². The summed E-state index contributed by atoms with van der Waals surface area (Å²) in [4.78, 5) is 14.8. The molecule has 2 aromatic rings. The zero-order valence-electron chi connectivity index (χ0n) is 14.5. The molecule has 6 heteroatoms. The molecule has 0 saturated carbocycles. The highest BCUT2D eigenvalue weighted by Crippen LogP contribution is 2.33. The number of carbonyl (C=O) groups excluding carboxylic acids is 1. The minimum Gasteiger partial charge on any atom is -0.328 e. The fourth-order valence-corrected chi connectivity index (χ4v) is 3.92. The number of amides is 1. The monoisotopic (exact) mass is 342 g/mol. The number of carbonyl (C=O) groups is 1.